The van der Waals surface area contributed by atoms with E-state index in [1.807, 2.05) is 0 Å². The molecular formula is C11H11F3O. The highest BCUT2D eigenvalue weighted by atomic mass is 19.4. The summed E-state index contributed by atoms with van der Waals surface area (Å²) >= 11 is 0. The SMILES string of the molecule is Cc1ccc(C=O)cc1C(C)C(F)(F)F. The molecule has 1 rings (SSSR count). The van der Waals surface area contributed by atoms with E-state index < -0.39 is 12.1 Å². The summed E-state index contributed by atoms with van der Waals surface area (Å²) < 4.78 is 37.4. The van der Waals surface area contributed by atoms with Gasteiger partial charge in [0.15, 0.2) is 0 Å². The zero-order valence-electron chi connectivity index (χ0n) is 8.43. The first-order valence-corrected chi connectivity index (χ1v) is 4.48. The fraction of sp³-hybridized carbons (Fsp3) is 0.364. The zero-order valence-corrected chi connectivity index (χ0v) is 8.43. The van der Waals surface area contributed by atoms with Gasteiger partial charge < -0.3 is 0 Å². The summed E-state index contributed by atoms with van der Waals surface area (Å²) in [6, 6.07) is 4.33. The zero-order chi connectivity index (χ0) is 11.6. The monoisotopic (exact) mass is 216 g/mol. The van der Waals surface area contributed by atoms with Crippen molar-refractivity contribution < 1.29 is 18.0 Å². The molecule has 0 saturated heterocycles. The van der Waals surface area contributed by atoms with Crippen LogP contribution in [0.4, 0.5) is 13.2 Å². The minimum atomic E-state index is -4.27. The second kappa shape index (κ2) is 4.04. The Balaban J connectivity index is 3.18. The predicted molar refractivity (Wildman–Crippen MR) is 51.0 cm³/mol. The van der Waals surface area contributed by atoms with Crippen molar-refractivity contribution in [2.75, 3.05) is 0 Å². The maximum atomic E-state index is 12.5. The molecule has 0 fully saturated rings. The summed E-state index contributed by atoms with van der Waals surface area (Å²) in [5, 5.41) is 0. The normalized spacial score (nSPS) is 13.7. The smallest absolute Gasteiger partial charge is 0.298 e. The number of aldehydes is 1. The third kappa shape index (κ3) is 2.58. The van der Waals surface area contributed by atoms with Crippen LogP contribution in [0.15, 0.2) is 18.2 Å². The van der Waals surface area contributed by atoms with Gasteiger partial charge in [-0.25, -0.2) is 0 Å². The van der Waals surface area contributed by atoms with Gasteiger partial charge in [0.25, 0.3) is 0 Å². The van der Waals surface area contributed by atoms with E-state index in [1.165, 1.54) is 18.2 Å². The summed E-state index contributed by atoms with van der Waals surface area (Å²) in [6.07, 6.45) is -3.72. The number of hydrogen-bond donors (Lipinski definition) is 0. The van der Waals surface area contributed by atoms with Gasteiger partial charge in [0.05, 0.1) is 5.92 Å². The average Bonchev–Trinajstić information content (AvgIpc) is 2.16. The summed E-state index contributed by atoms with van der Waals surface area (Å²) in [6.45, 7) is 2.70. The van der Waals surface area contributed by atoms with Gasteiger partial charge in [-0.05, 0) is 31.0 Å². The minimum absolute atomic E-state index is 0.159. The first-order chi connectivity index (χ1) is 6.86. The van der Waals surface area contributed by atoms with Crippen LogP contribution < -0.4 is 0 Å². The number of aryl methyl sites for hydroxylation is 1. The van der Waals surface area contributed by atoms with Crippen molar-refractivity contribution in [1.29, 1.82) is 0 Å². The molecule has 4 heteroatoms. The molecule has 0 aromatic heterocycles. The van der Waals surface area contributed by atoms with Crippen LogP contribution in [0.3, 0.4) is 0 Å². The first kappa shape index (κ1) is 11.8. The van der Waals surface area contributed by atoms with E-state index in [9.17, 15) is 18.0 Å². The van der Waals surface area contributed by atoms with E-state index in [0.29, 0.717) is 11.8 Å². The van der Waals surface area contributed by atoms with Crippen molar-refractivity contribution in [2.45, 2.75) is 25.9 Å². The van der Waals surface area contributed by atoms with Crippen molar-refractivity contribution in [3.63, 3.8) is 0 Å². The molecule has 0 radical (unpaired) electrons. The molecule has 15 heavy (non-hydrogen) atoms. The maximum absolute atomic E-state index is 12.5. The predicted octanol–water partition coefficient (Wildman–Crippen LogP) is 3.47. The summed E-state index contributed by atoms with van der Waals surface area (Å²) in [5.74, 6) is -1.54. The van der Waals surface area contributed by atoms with Crippen LogP contribution in [0.2, 0.25) is 0 Å². The van der Waals surface area contributed by atoms with Gasteiger partial charge in [-0.3, -0.25) is 4.79 Å². The third-order valence-corrected chi connectivity index (χ3v) is 2.40. The van der Waals surface area contributed by atoms with Crippen molar-refractivity contribution in [1.82, 2.24) is 0 Å². The largest absolute Gasteiger partial charge is 0.395 e. The Morgan fingerprint density at radius 3 is 2.40 bits per heavy atom. The standard InChI is InChI=1S/C11H11F3O/c1-7-3-4-9(6-15)5-10(7)8(2)11(12,13)14/h3-6,8H,1-2H3. The van der Waals surface area contributed by atoms with Crippen LogP contribution in [0.5, 0.6) is 0 Å². The molecule has 0 aliphatic rings. The molecule has 0 aliphatic heterocycles. The Morgan fingerprint density at radius 2 is 1.93 bits per heavy atom. The number of alkyl halides is 3. The molecule has 0 heterocycles. The lowest BCUT2D eigenvalue weighted by Crippen LogP contribution is -2.18. The molecule has 0 aliphatic carbocycles. The number of benzene rings is 1. The Morgan fingerprint density at radius 1 is 1.33 bits per heavy atom. The van der Waals surface area contributed by atoms with E-state index in [1.54, 1.807) is 6.92 Å². The van der Waals surface area contributed by atoms with Gasteiger partial charge in [-0.2, -0.15) is 13.2 Å². The van der Waals surface area contributed by atoms with Crippen LogP contribution in [0.25, 0.3) is 0 Å². The highest BCUT2D eigenvalue weighted by Gasteiger charge is 2.37. The number of rotatable bonds is 2. The van der Waals surface area contributed by atoms with Gasteiger partial charge in [-0.1, -0.05) is 12.1 Å². The second-order valence-electron chi connectivity index (χ2n) is 3.50. The van der Waals surface area contributed by atoms with Gasteiger partial charge in [0.1, 0.15) is 6.29 Å². The maximum Gasteiger partial charge on any atom is 0.395 e. The summed E-state index contributed by atoms with van der Waals surface area (Å²) in [5.41, 5.74) is 0.976. The van der Waals surface area contributed by atoms with Gasteiger partial charge in [0.2, 0.25) is 0 Å². The minimum Gasteiger partial charge on any atom is -0.298 e. The lowest BCUT2D eigenvalue weighted by atomic mass is 9.94. The van der Waals surface area contributed by atoms with Crippen molar-refractivity contribution in [3.05, 3.63) is 34.9 Å². The molecule has 0 amide bonds. The molecule has 0 bridgehead atoms. The topological polar surface area (TPSA) is 17.1 Å². The van der Waals surface area contributed by atoms with Crippen molar-refractivity contribution >= 4 is 6.29 Å². The fourth-order valence-electron chi connectivity index (χ4n) is 1.38. The van der Waals surface area contributed by atoms with Gasteiger partial charge in [0, 0.05) is 5.56 Å². The first-order valence-electron chi connectivity index (χ1n) is 4.48. The van der Waals surface area contributed by atoms with E-state index in [-0.39, 0.29) is 11.1 Å². The highest BCUT2D eigenvalue weighted by Crippen LogP contribution is 2.35. The molecule has 1 aromatic carbocycles. The van der Waals surface area contributed by atoms with Crippen molar-refractivity contribution in [3.8, 4) is 0 Å². The number of carbonyl (C=O) groups is 1. The summed E-state index contributed by atoms with van der Waals surface area (Å²) in [7, 11) is 0. The molecule has 1 unspecified atom stereocenters. The molecule has 1 nitrogen and oxygen atoms in total. The fourth-order valence-corrected chi connectivity index (χ4v) is 1.38. The quantitative estimate of drug-likeness (QED) is 0.692. The number of hydrogen-bond acceptors (Lipinski definition) is 1. The lowest BCUT2D eigenvalue weighted by molar-refractivity contribution is -0.146. The summed E-state index contributed by atoms with van der Waals surface area (Å²) in [4.78, 5) is 10.5. The van der Waals surface area contributed by atoms with Crippen LogP contribution >= 0.6 is 0 Å². The van der Waals surface area contributed by atoms with Crippen LogP contribution in [-0.4, -0.2) is 12.5 Å². The molecule has 1 atom stereocenters. The van der Waals surface area contributed by atoms with Crippen LogP contribution in [0, 0.1) is 6.92 Å². The Labute approximate surface area is 85.9 Å². The van der Waals surface area contributed by atoms with Crippen molar-refractivity contribution in [2.24, 2.45) is 0 Å². The number of halogens is 3. The Bertz CT molecular complexity index is 369. The molecule has 1 aromatic rings. The molecular weight excluding hydrogens is 205 g/mol. The molecule has 0 N–H and O–H groups in total. The van der Waals surface area contributed by atoms with Crippen LogP contribution in [-0.2, 0) is 0 Å². The molecule has 0 saturated carbocycles. The highest BCUT2D eigenvalue weighted by molar-refractivity contribution is 5.75. The van der Waals surface area contributed by atoms with E-state index >= 15 is 0 Å². The van der Waals surface area contributed by atoms with Gasteiger partial charge >= 0.3 is 6.18 Å². The lowest BCUT2D eigenvalue weighted by Gasteiger charge is -2.18. The van der Waals surface area contributed by atoms with Crippen LogP contribution in [0.1, 0.15) is 34.3 Å². The van der Waals surface area contributed by atoms with E-state index in [4.69, 9.17) is 0 Å². The third-order valence-electron chi connectivity index (χ3n) is 2.40. The van der Waals surface area contributed by atoms with Gasteiger partial charge in [-0.15, -0.1) is 0 Å². The Hall–Kier alpha value is -1.32. The Kier molecular flexibility index (Phi) is 3.17. The number of carbonyl (C=O) groups excluding carboxylic acids is 1. The molecule has 82 valence electrons. The molecule has 0 spiro atoms. The van der Waals surface area contributed by atoms with E-state index in [0.717, 1.165) is 6.92 Å². The average molecular weight is 216 g/mol. The van der Waals surface area contributed by atoms with E-state index in [2.05, 4.69) is 0 Å². The second-order valence-corrected chi connectivity index (χ2v) is 3.50.